The van der Waals surface area contributed by atoms with Crippen LogP contribution in [0.25, 0.3) is 11.3 Å². The molecule has 0 aliphatic carbocycles. The first-order valence-electron chi connectivity index (χ1n) is 5.92. The molecule has 5 heteroatoms. The predicted octanol–water partition coefficient (Wildman–Crippen LogP) is 2.87. The highest BCUT2D eigenvalue weighted by atomic mass is 19.1. The maximum Gasteiger partial charge on any atom is 0.309 e. The van der Waals surface area contributed by atoms with Gasteiger partial charge in [0.2, 0.25) is 0 Å². The Morgan fingerprint density at radius 1 is 1.42 bits per heavy atom. The van der Waals surface area contributed by atoms with Crippen LogP contribution in [-0.2, 0) is 11.2 Å². The number of aliphatic carboxylic acids is 1. The van der Waals surface area contributed by atoms with Crippen LogP contribution in [0.3, 0.4) is 0 Å². The lowest BCUT2D eigenvalue weighted by atomic mass is 9.89. The van der Waals surface area contributed by atoms with Gasteiger partial charge in [-0.25, -0.2) is 9.37 Å². The third-order valence-electron chi connectivity index (χ3n) is 2.98. The number of hydrogen-bond acceptors (Lipinski definition) is 2. The van der Waals surface area contributed by atoms with E-state index in [1.165, 1.54) is 12.3 Å². The summed E-state index contributed by atoms with van der Waals surface area (Å²) in [5.41, 5.74) is 0.0633. The summed E-state index contributed by atoms with van der Waals surface area (Å²) in [7, 11) is 0. The summed E-state index contributed by atoms with van der Waals surface area (Å²) in [6, 6.07) is 6.37. The lowest BCUT2D eigenvalue weighted by Crippen LogP contribution is -2.26. The molecule has 0 spiro atoms. The number of hydrogen-bond donors (Lipinski definition) is 2. The molecule has 0 atom stereocenters. The number of carboxylic acids is 1. The van der Waals surface area contributed by atoms with Crippen LogP contribution in [0.1, 0.15) is 19.7 Å². The summed E-state index contributed by atoms with van der Waals surface area (Å²) in [5.74, 6) is -0.697. The maximum absolute atomic E-state index is 13.6. The van der Waals surface area contributed by atoms with Gasteiger partial charge < -0.3 is 10.1 Å². The molecule has 4 nitrogen and oxygen atoms in total. The van der Waals surface area contributed by atoms with E-state index in [1.807, 2.05) is 0 Å². The quantitative estimate of drug-likeness (QED) is 0.890. The summed E-state index contributed by atoms with van der Waals surface area (Å²) in [4.78, 5) is 18.1. The molecule has 1 aromatic heterocycles. The standard InChI is InChI=1S/C14H15FN2O2/c1-14(2,13(18)19)7-12-16-8-11(17-12)9-5-3-4-6-10(9)15/h3-6,8H,7H2,1-2H3,(H,16,17)(H,18,19). The van der Waals surface area contributed by atoms with E-state index in [0.29, 0.717) is 17.1 Å². The van der Waals surface area contributed by atoms with E-state index in [4.69, 9.17) is 5.11 Å². The number of carbonyl (C=O) groups is 1. The number of benzene rings is 1. The van der Waals surface area contributed by atoms with E-state index >= 15 is 0 Å². The monoisotopic (exact) mass is 262 g/mol. The lowest BCUT2D eigenvalue weighted by molar-refractivity contribution is -0.146. The Morgan fingerprint density at radius 2 is 2.11 bits per heavy atom. The minimum atomic E-state index is -0.912. The van der Waals surface area contributed by atoms with Crippen molar-refractivity contribution in [1.82, 2.24) is 9.97 Å². The Kier molecular flexibility index (Phi) is 3.38. The molecule has 0 radical (unpaired) electrons. The third kappa shape index (κ3) is 2.81. The number of aromatic nitrogens is 2. The van der Waals surface area contributed by atoms with Gasteiger partial charge in [0.05, 0.1) is 17.3 Å². The van der Waals surface area contributed by atoms with Crippen molar-refractivity contribution < 1.29 is 14.3 Å². The van der Waals surface area contributed by atoms with Crippen LogP contribution >= 0.6 is 0 Å². The Morgan fingerprint density at radius 3 is 2.74 bits per heavy atom. The molecular formula is C14H15FN2O2. The number of nitrogens with zero attached hydrogens (tertiary/aromatic N) is 1. The van der Waals surface area contributed by atoms with E-state index < -0.39 is 11.4 Å². The summed E-state index contributed by atoms with van der Waals surface area (Å²) < 4.78 is 13.6. The highest BCUT2D eigenvalue weighted by Crippen LogP contribution is 2.24. The number of halogens is 1. The van der Waals surface area contributed by atoms with Crippen molar-refractivity contribution in [2.24, 2.45) is 5.41 Å². The normalized spacial score (nSPS) is 11.5. The predicted molar refractivity (Wildman–Crippen MR) is 69.1 cm³/mol. The van der Waals surface area contributed by atoms with Crippen LogP contribution in [0.15, 0.2) is 30.5 Å². The number of carboxylic acid groups (broad SMARTS) is 1. The first kappa shape index (κ1) is 13.3. The van der Waals surface area contributed by atoms with Crippen LogP contribution in [0.4, 0.5) is 4.39 Å². The zero-order valence-electron chi connectivity index (χ0n) is 10.8. The second kappa shape index (κ2) is 4.84. The smallest absolute Gasteiger partial charge is 0.309 e. The van der Waals surface area contributed by atoms with Crippen LogP contribution < -0.4 is 0 Å². The average molecular weight is 262 g/mol. The van der Waals surface area contributed by atoms with E-state index in [2.05, 4.69) is 9.97 Å². The largest absolute Gasteiger partial charge is 0.481 e. The number of nitrogens with one attached hydrogen (secondary N) is 1. The summed E-state index contributed by atoms with van der Waals surface area (Å²) in [6.45, 7) is 3.25. The van der Waals surface area contributed by atoms with E-state index in [-0.39, 0.29) is 12.2 Å². The molecule has 1 aromatic carbocycles. The zero-order chi connectivity index (χ0) is 14.0. The fourth-order valence-corrected chi connectivity index (χ4v) is 1.76. The number of aromatic amines is 1. The second-order valence-corrected chi connectivity index (χ2v) is 5.09. The molecule has 0 aliphatic rings. The van der Waals surface area contributed by atoms with Gasteiger partial charge in [-0.1, -0.05) is 12.1 Å². The molecule has 2 aromatic rings. The van der Waals surface area contributed by atoms with Crippen LogP contribution in [0, 0.1) is 11.2 Å². The molecule has 0 unspecified atom stereocenters. The van der Waals surface area contributed by atoms with Gasteiger partial charge in [-0.05, 0) is 26.0 Å². The van der Waals surface area contributed by atoms with Gasteiger partial charge >= 0.3 is 5.97 Å². The van der Waals surface area contributed by atoms with Crippen molar-refractivity contribution in [3.8, 4) is 11.3 Å². The molecule has 0 saturated carbocycles. The Bertz CT molecular complexity index is 605. The van der Waals surface area contributed by atoms with Crippen molar-refractivity contribution in [2.45, 2.75) is 20.3 Å². The Balaban J connectivity index is 2.26. The van der Waals surface area contributed by atoms with E-state index in [9.17, 15) is 9.18 Å². The number of rotatable bonds is 4. The van der Waals surface area contributed by atoms with Crippen molar-refractivity contribution in [3.63, 3.8) is 0 Å². The molecule has 0 fully saturated rings. The van der Waals surface area contributed by atoms with Crippen molar-refractivity contribution in [1.29, 1.82) is 0 Å². The Hall–Kier alpha value is -2.17. The van der Waals surface area contributed by atoms with Gasteiger partial charge in [0.15, 0.2) is 0 Å². The molecule has 0 aliphatic heterocycles. The fraction of sp³-hybridized carbons (Fsp3) is 0.286. The number of H-pyrrole nitrogens is 1. The first-order valence-corrected chi connectivity index (χ1v) is 5.92. The molecule has 0 bridgehead atoms. The first-order chi connectivity index (χ1) is 8.90. The molecule has 0 saturated heterocycles. The molecule has 2 rings (SSSR count). The van der Waals surface area contributed by atoms with Gasteiger partial charge in [-0.2, -0.15) is 0 Å². The van der Waals surface area contributed by atoms with Crippen LogP contribution in [-0.4, -0.2) is 21.0 Å². The van der Waals surface area contributed by atoms with Gasteiger partial charge in [-0.15, -0.1) is 0 Å². The zero-order valence-corrected chi connectivity index (χ0v) is 10.8. The highest BCUT2D eigenvalue weighted by Gasteiger charge is 2.28. The van der Waals surface area contributed by atoms with E-state index in [0.717, 1.165) is 0 Å². The maximum atomic E-state index is 13.6. The van der Waals surface area contributed by atoms with Gasteiger partial charge in [-0.3, -0.25) is 4.79 Å². The van der Waals surface area contributed by atoms with Gasteiger partial charge in [0, 0.05) is 12.0 Å². The molecule has 19 heavy (non-hydrogen) atoms. The van der Waals surface area contributed by atoms with Gasteiger partial charge in [0.1, 0.15) is 11.6 Å². The summed E-state index contributed by atoms with van der Waals surface area (Å²) >= 11 is 0. The average Bonchev–Trinajstić information content (AvgIpc) is 2.77. The van der Waals surface area contributed by atoms with E-state index in [1.54, 1.807) is 32.0 Å². The van der Waals surface area contributed by atoms with Crippen molar-refractivity contribution in [3.05, 3.63) is 42.1 Å². The van der Waals surface area contributed by atoms with Crippen molar-refractivity contribution >= 4 is 5.97 Å². The summed E-state index contributed by atoms with van der Waals surface area (Å²) in [6.07, 6.45) is 1.78. The third-order valence-corrected chi connectivity index (χ3v) is 2.98. The number of imidazole rings is 1. The molecular weight excluding hydrogens is 247 g/mol. The van der Waals surface area contributed by atoms with Gasteiger partial charge in [0.25, 0.3) is 0 Å². The van der Waals surface area contributed by atoms with Crippen LogP contribution in [0.2, 0.25) is 0 Å². The molecule has 0 amide bonds. The van der Waals surface area contributed by atoms with Crippen molar-refractivity contribution in [2.75, 3.05) is 0 Å². The fourth-order valence-electron chi connectivity index (χ4n) is 1.76. The minimum absolute atomic E-state index is 0.261. The highest BCUT2D eigenvalue weighted by molar-refractivity contribution is 5.73. The topological polar surface area (TPSA) is 66.0 Å². The second-order valence-electron chi connectivity index (χ2n) is 5.09. The SMILES string of the molecule is CC(C)(Cc1ncc(-c2ccccc2F)[nH]1)C(=O)O. The lowest BCUT2D eigenvalue weighted by Gasteiger charge is -2.16. The minimum Gasteiger partial charge on any atom is -0.481 e. The molecule has 2 N–H and O–H groups in total. The molecule has 100 valence electrons. The van der Waals surface area contributed by atoms with Crippen LogP contribution in [0.5, 0.6) is 0 Å². The Labute approximate surface area is 110 Å². The molecule has 1 heterocycles. The summed E-state index contributed by atoms with van der Waals surface area (Å²) in [5, 5.41) is 9.07.